The van der Waals surface area contributed by atoms with Gasteiger partial charge in [-0.3, -0.25) is 0 Å². The van der Waals surface area contributed by atoms with Gasteiger partial charge in [-0.25, -0.2) is 0 Å². The number of aliphatic hydroxyl groups excluding tert-OH is 6. The van der Waals surface area contributed by atoms with Crippen LogP contribution in [0.15, 0.2) is 12.2 Å². The lowest BCUT2D eigenvalue weighted by molar-refractivity contribution is -0.330. The van der Waals surface area contributed by atoms with Crippen LogP contribution in [0.4, 0.5) is 0 Å². The van der Waals surface area contributed by atoms with Gasteiger partial charge in [-0.15, -0.1) is 0 Å². The lowest BCUT2D eigenvalue weighted by Crippen LogP contribution is -2.63. The predicted octanol–water partition coefficient (Wildman–Crippen LogP) is -1.72. The topological polar surface area (TPSA) is 149 Å². The molecule has 3 aliphatic rings. The number of rotatable bonds is 5. The van der Waals surface area contributed by atoms with Crippen molar-refractivity contribution in [3.63, 3.8) is 0 Å². The second kappa shape index (κ2) is 7.90. The summed E-state index contributed by atoms with van der Waals surface area (Å²) in [6, 6.07) is 0. The van der Waals surface area contributed by atoms with Crippen LogP contribution in [-0.4, -0.2) is 98.5 Å². The number of aliphatic hydroxyl groups is 6. The molecule has 3 rings (SSSR count). The van der Waals surface area contributed by atoms with Gasteiger partial charge in [0.15, 0.2) is 6.29 Å². The van der Waals surface area contributed by atoms with Gasteiger partial charge in [-0.2, -0.15) is 0 Å². The Labute approximate surface area is 164 Å². The minimum absolute atomic E-state index is 0.173. The highest BCUT2D eigenvalue weighted by atomic mass is 16.7. The Morgan fingerprint density at radius 3 is 2.43 bits per heavy atom. The van der Waals surface area contributed by atoms with Crippen molar-refractivity contribution in [2.45, 2.75) is 81.8 Å². The van der Waals surface area contributed by atoms with Crippen LogP contribution in [-0.2, 0) is 14.2 Å². The van der Waals surface area contributed by atoms with E-state index in [0.717, 1.165) is 0 Å². The molecule has 0 unspecified atom stereocenters. The molecule has 2 aliphatic heterocycles. The molecule has 0 spiro atoms. The molecule has 6 N–H and O–H groups in total. The molecule has 1 aliphatic carbocycles. The lowest BCUT2D eigenvalue weighted by Gasteiger charge is -2.50. The first-order valence-corrected chi connectivity index (χ1v) is 9.68. The first-order chi connectivity index (χ1) is 13.0. The van der Waals surface area contributed by atoms with E-state index in [0.29, 0.717) is 0 Å². The summed E-state index contributed by atoms with van der Waals surface area (Å²) >= 11 is 0. The van der Waals surface area contributed by atoms with Crippen LogP contribution in [0.5, 0.6) is 0 Å². The number of hydrogen-bond donors (Lipinski definition) is 6. The highest BCUT2D eigenvalue weighted by molar-refractivity contribution is 5.18. The van der Waals surface area contributed by atoms with Crippen molar-refractivity contribution >= 4 is 0 Å². The zero-order valence-corrected chi connectivity index (χ0v) is 16.4. The molecule has 0 aromatic carbocycles. The first-order valence-electron chi connectivity index (χ1n) is 9.68. The standard InChI is InChI=1S/C19H32O9/c1-9(21)4-5-12-18(2)8-26-19(12,3)6-10(22)16(18)28-17-15(25)14(24)13(23)11(7-20)27-17/h4-5,9-17,20-25H,6-8H2,1-3H3/b5-4+/t9-,10-,11-,12-,13-,14+,15-,16+,17+,18-,19-/m1/s1. The van der Waals surface area contributed by atoms with E-state index < -0.39 is 66.6 Å². The average molecular weight is 404 g/mol. The third-order valence-corrected chi connectivity index (χ3v) is 6.41. The molecule has 2 bridgehead atoms. The highest BCUT2D eigenvalue weighted by Gasteiger charge is 2.63. The van der Waals surface area contributed by atoms with Crippen LogP contribution in [0.3, 0.4) is 0 Å². The Bertz CT molecular complexity index is 582. The van der Waals surface area contributed by atoms with Crippen molar-refractivity contribution in [3.8, 4) is 0 Å². The summed E-state index contributed by atoms with van der Waals surface area (Å²) in [6.45, 7) is 5.17. The van der Waals surface area contributed by atoms with Gasteiger partial charge in [0, 0.05) is 17.8 Å². The second-order valence-corrected chi connectivity index (χ2v) is 8.74. The molecular formula is C19H32O9. The summed E-state index contributed by atoms with van der Waals surface area (Å²) in [6.07, 6.45) is -5.54. The molecule has 1 saturated carbocycles. The van der Waals surface area contributed by atoms with Gasteiger partial charge in [0.2, 0.25) is 0 Å². The van der Waals surface area contributed by atoms with Crippen molar-refractivity contribution in [2.24, 2.45) is 11.3 Å². The summed E-state index contributed by atoms with van der Waals surface area (Å²) in [5.74, 6) is -0.173. The van der Waals surface area contributed by atoms with Gasteiger partial charge in [0.25, 0.3) is 0 Å². The Kier molecular flexibility index (Phi) is 6.23. The van der Waals surface area contributed by atoms with E-state index in [9.17, 15) is 30.6 Å². The monoisotopic (exact) mass is 404 g/mol. The van der Waals surface area contributed by atoms with Crippen LogP contribution in [0.25, 0.3) is 0 Å². The van der Waals surface area contributed by atoms with Gasteiger partial charge in [-0.05, 0) is 13.8 Å². The molecule has 9 nitrogen and oxygen atoms in total. The maximum atomic E-state index is 10.8. The predicted molar refractivity (Wildman–Crippen MR) is 96.0 cm³/mol. The van der Waals surface area contributed by atoms with Crippen LogP contribution in [0.2, 0.25) is 0 Å². The van der Waals surface area contributed by atoms with Crippen LogP contribution in [0.1, 0.15) is 27.2 Å². The molecule has 0 aromatic rings. The first kappa shape index (κ1) is 22.1. The minimum Gasteiger partial charge on any atom is -0.394 e. The maximum absolute atomic E-state index is 10.8. The number of ether oxygens (including phenoxy) is 3. The van der Waals surface area contributed by atoms with E-state index in [1.807, 2.05) is 19.9 Å². The Balaban J connectivity index is 1.85. The van der Waals surface area contributed by atoms with Crippen molar-refractivity contribution in [3.05, 3.63) is 12.2 Å². The van der Waals surface area contributed by atoms with E-state index in [-0.39, 0.29) is 18.9 Å². The maximum Gasteiger partial charge on any atom is 0.187 e. The normalized spacial score (nSPS) is 52.9. The molecule has 9 heteroatoms. The van der Waals surface area contributed by atoms with Crippen LogP contribution < -0.4 is 0 Å². The van der Waals surface area contributed by atoms with E-state index >= 15 is 0 Å². The summed E-state index contributed by atoms with van der Waals surface area (Å²) < 4.78 is 17.4. The molecule has 11 atom stereocenters. The summed E-state index contributed by atoms with van der Waals surface area (Å²) in [5, 5.41) is 60.0. The molecule has 162 valence electrons. The molecule has 3 fully saturated rings. The molecule has 2 saturated heterocycles. The van der Waals surface area contributed by atoms with E-state index in [2.05, 4.69) is 0 Å². The highest BCUT2D eigenvalue weighted by Crippen LogP contribution is 2.56. The summed E-state index contributed by atoms with van der Waals surface area (Å²) in [7, 11) is 0. The van der Waals surface area contributed by atoms with Crippen LogP contribution in [0, 0.1) is 11.3 Å². The average Bonchev–Trinajstić information content (AvgIpc) is 2.82. The summed E-state index contributed by atoms with van der Waals surface area (Å²) in [5.41, 5.74) is -1.31. The third-order valence-electron chi connectivity index (χ3n) is 6.41. The molecule has 0 radical (unpaired) electrons. The summed E-state index contributed by atoms with van der Waals surface area (Å²) in [4.78, 5) is 0. The molecule has 0 amide bonds. The number of fused-ring (bicyclic) bond motifs is 2. The van der Waals surface area contributed by atoms with Gasteiger partial charge in [0.05, 0.1) is 37.1 Å². The Morgan fingerprint density at radius 2 is 1.82 bits per heavy atom. The fourth-order valence-electron chi connectivity index (χ4n) is 4.87. The fraction of sp³-hybridized carbons (Fsp3) is 0.895. The van der Waals surface area contributed by atoms with Crippen molar-refractivity contribution in [1.82, 2.24) is 0 Å². The minimum atomic E-state index is -1.56. The van der Waals surface area contributed by atoms with Gasteiger partial charge in [0.1, 0.15) is 24.4 Å². The third kappa shape index (κ3) is 3.64. The quantitative estimate of drug-likeness (QED) is 0.294. The number of hydrogen-bond acceptors (Lipinski definition) is 9. The van der Waals surface area contributed by atoms with Gasteiger partial charge >= 0.3 is 0 Å². The fourth-order valence-corrected chi connectivity index (χ4v) is 4.87. The zero-order chi connectivity index (χ0) is 20.9. The van der Waals surface area contributed by atoms with Gasteiger partial charge < -0.3 is 44.8 Å². The zero-order valence-electron chi connectivity index (χ0n) is 16.4. The van der Waals surface area contributed by atoms with Crippen molar-refractivity contribution in [2.75, 3.05) is 13.2 Å². The molecular weight excluding hydrogens is 372 g/mol. The Morgan fingerprint density at radius 1 is 1.14 bits per heavy atom. The van der Waals surface area contributed by atoms with E-state index in [1.165, 1.54) is 0 Å². The molecule has 28 heavy (non-hydrogen) atoms. The SMILES string of the molecule is C[C@@H](O)/C=C/[C@@H]1[C@@]2(C)CO[C@]1(C)C[C@@H](O)[C@@H]2O[C@@H]1O[C@H](CO)[C@@H](O)[C@H](O)[C@H]1O. The largest absolute Gasteiger partial charge is 0.394 e. The van der Waals surface area contributed by atoms with E-state index in [1.54, 1.807) is 13.0 Å². The second-order valence-electron chi connectivity index (χ2n) is 8.74. The lowest BCUT2D eigenvalue weighted by atomic mass is 9.61. The van der Waals surface area contributed by atoms with Crippen molar-refractivity contribution < 1.29 is 44.8 Å². The molecule has 0 aromatic heterocycles. The van der Waals surface area contributed by atoms with Crippen molar-refractivity contribution in [1.29, 1.82) is 0 Å². The van der Waals surface area contributed by atoms with Gasteiger partial charge in [-0.1, -0.05) is 19.1 Å². The Hall–Kier alpha value is -0.620. The smallest absolute Gasteiger partial charge is 0.187 e. The van der Waals surface area contributed by atoms with Crippen LogP contribution >= 0.6 is 0 Å². The molecule has 2 heterocycles. The van der Waals surface area contributed by atoms with E-state index in [4.69, 9.17) is 14.2 Å².